The van der Waals surface area contributed by atoms with Gasteiger partial charge in [-0.2, -0.15) is 0 Å². The van der Waals surface area contributed by atoms with Crippen molar-refractivity contribution in [2.75, 3.05) is 50.0 Å². The first-order valence-electron chi connectivity index (χ1n) is 13.7. The normalized spacial score (nSPS) is 14.3. The highest BCUT2D eigenvalue weighted by atomic mass is 127. The molecule has 1 aromatic heterocycles. The molecule has 0 atom stereocenters. The Morgan fingerprint density at radius 2 is 1.70 bits per heavy atom. The van der Waals surface area contributed by atoms with E-state index in [1.54, 1.807) is 43.5 Å². The van der Waals surface area contributed by atoms with Gasteiger partial charge in [-0.25, -0.2) is 18.4 Å². The number of halogens is 1. The molecule has 1 aliphatic rings. The minimum Gasteiger partial charge on any atom is -0.497 e. The number of hydrogen-bond acceptors (Lipinski definition) is 9. The van der Waals surface area contributed by atoms with Crippen LogP contribution in [0, 0.1) is 3.57 Å². The number of aromatic nitrogens is 2. The van der Waals surface area contributed by atoms with Crippen molar-refractivity contribution in [2.45, 2.75) is 24.3 Å². The molecule has 1 saturated heterocycles. The third-order valence-corrected chi connectivity index (χ3v) is 9.09. The molecule has 3 N–H and O–H groups in total. The Morgan fingerprint density at radius 1 is 1.00 bits per heavy atom. The van der Waals surface area contributed by atoms with Gasteiger partial charge in [0, 0.05) is 40.4 Å². The van der Waals surface area contributed by atoms with Crippen LogP contribution < -0.4 is 20.1 Å². The van der Waals surface area contributed by atoms with Gasteiger partial charge in [0.1, 0.15) is 5.75 Å². The minimum atomic E-state index is -4.16. The summed E-state index contributed by atoms with van der Waals surface area (Å²) in [6.07, 6.45) is 0. The molecule has 5 rings (SSSR count). The van der Waals surface area contributed by atoms with E-state index in [4.69, 9.17) is 9.47 Å². The number of carbonyl (C=O) groups excluding carboxylic acids is 1. The summed E-state index contributed by atoms with van der Waals surface area (Å²) >= 11 is 2.17. The molecule has 0 spiro atoms. The van der Waals surface area contributed by atoms with E-state index in [1.807, 2.05) is 32.0 Å². The number of methoxy groups -OCH3 is 1. The van der Waals surface area contributed by atoms with Gasteiger partial charge in [-0.3, -0.25) is 14.4 Å². The Morgan fingerprint density at radius 3 is 2.40 bits per heavy atom. The van der Waals surface area contributed by atoms with Crippen molar-refractivity contribution in [3.05, 3.63) is 75.9 Å². The number of rotatable bonds is 10. The maximum absolute atomic E-state index is 13.7. The van der Waals surface area contributed by atoms with Gasteiger partial charge in [0.2, 0.25) is 0 Å². The maximum Gasteiger partial charge on any atom is 0.263 e. The molecule has 3 aromatic carbocycles. The van der Waals surface area contributed by atoms with Crippen LogP contribution in [-0.2, 0) is 14.8 Å². The molecule has 1 aliphatic heterocycles. The lowest BCUT2D eigenvalue weighted by atomic mass is 10.0. The van der Waals surface area contributed by atoms with Crippen LogP contribution in [0.3, 0.4) is 0 Å². The number of benzene rings is 3. The van der Waals surface area contributed by atoms with Crippen molar-refractivity contribution in [2.24, 2.45) is 0 Å². The summed E-state index contributed by atoms with van der Waals surface area (Å²) in [6.45, 7) is 7.44. The molecule has 43 heavy (non-hydrogen) atoms. The molecule has 1 fully saturated rings. The molecule has 0 aliphatic carbocycles. The van der Waals surface area contributed by atoms with Gasteiger partial charge in [0.25, 0.3) is 15.9 Å². The highest BCUT2D eigenvalue weighted by Crippen LogP contribution is 2.31. The molecule has 13 heteroatoms. The van der Waals surface area contributed by atoms with Crippen LogP contribution in [0.25, 0.3) is 11.0 Å². The molecule has 1 amide bonds. The van der Waals surface area contributed by atoms with Crippen LogP contribution in [0.5, 0.6) is 5.75 Å². The van der Waals surface area contributed by atoms with Crippen LogP contribution >= 0.6 is 22.6 Å². The molecule has 2 heterocycles. The number of hydrogen-bond donors (Lipinski definition) is 3. The first-order valence-corrected chi connectivity index (χ1v) is 16.2. The number of carbonyl (C=O) groups is 1. The van der Waals surface area contributed by atoms with Gasteiger partial charge in [-0.15, -0.1) is 0 Å². The van der Waals surface area contributed by atoms with Gasteiger partial charge in [-0.05, 0) is 78.9 Å². The van der Waals surface area contributed by atoms with Gasteiger partial charge < -0.3 is 20.1 Å². The minimum absolute atomic E-state index is 0.0128. The van der Waals surface area contributed by atoms with E-state index >= 15 is 0 Å². The monoisotopic (exact) mass is 716 g/mol. The number of amides is 1. The molecular weight excluding hydrogens is 683 g/mol. The van der Waals surface area contributed by atoms with Gasteiger partial charge in [-0.1, -0.05) is 18.2 Å². The van der Waals surface area contributed by atoms with Crippen molar-refractivity contribution in [3.63, 3.8) is 0 Å². The fraction of sp³-hybridized carbons (Fsp3) is 0.300. The molecule has 226 valence electrons. The van der Waals surface area contributed by atoms with Crippen LogP contribution in [0.15, 0.2) is 71.6 Å². The number of ether oxygens (including phenoxy) is 2. The summed E-state index contributed by atoms with van der Waals surface area (Å²) in [5.41, 5.74) is 1.46. The number of sulfonamides is 1. The lowest BCUT2D eigenvalue weighted by Crippen LogP contribution is -2.53. The third-order valence-electron chi connectivity index (χ3n) is 6.81. The molecule has 4 aromatic rings. The number of fused-ring (bicyclic) bond motifs is 1. The Labute approximate surface area is 264 Å². The third kappa shape index (κ3) is 7.71. The molecule has 11 nitrogen and oxygen atoms in total. The zero-order valence-electron chi connectivity index (χ0n) is 24.1. The zero-order chi connectivity index (χ0) is 30.6. The van der Waals surface area contributed by atoms with E-state index in [0.717, 1.165) is 16.7 Å². The smallest absolute Gasteiger partial charge is 0.263 e. The maximum atomic E-state index is 13.7. The summed E-state index contributed by atoms with van der Waals surface area (Å²) in [5, 5.41) is 6.25. The Hall–Kier alpha value is -3.53. The second-order valence-electron chi connectivity index (χ2n) is 10.7. The number of para-hydroxylation sites is 2. The van der Waals surface area contributed by atoms with Gasteiger partial charge >= 0.3 is 0 Å². The zero-order valence-corrected chi connectivity index (χ0v) is 27.0. The van der Waals surface area contributed by atoms with E-state index in [2.05, 4.69) is 52.8 Å². The Bertz CT molecular complexity index is 1740. The largest absolute Gasteiger partial charge is 0.497 e. The molecule has 0 bridgehead atoms. The second kappa shape index (κ2) is 13.0. The fourth-order valence-electron chi connectivity index (χ4n) is 4.74. The number of nitrogens with one attached hydrogen (secondary N) is 3. The average molecular weight is 717 g/mol. The summed E-state index contributed by atoms with van der Waals surface area (Å²) in [5.74, 6) is 0.490. The van der Waals surface area contributed by atoms with Crippen molar-refractivity contribution in [3.8, 4) is 5.75 Å². The highest BCUT2D eigenvalue weighted by Gasteiger charge is 2.27. The molecular formula is C30H33IN6O5S. The van der Waals surface area contributed by atoms with E-state index in [9.17, 15) is 13.2 Å². The summed E-state index contributed by atoms with van der Waals surface area (Å²) in [6, 6.07) is 18.6. The lowest BCUT2D eigenvalue weighted by Gasteiger charge is -2.35. The Balaban J connectivity index is 1.41. The quantitative estimate of drug-likeness (QED) is 0.201. The van der Waals surface area contributed by atoms with E-state index in [0.29, 0.717) is 42.2 Å². The van der Waals surface area contributed by atoms with Gasteiger partial charge in [0.15, 0.2) is 11.6 Å². The van der Waals surface area contributed by atoms with Crippen LogP contribution in [0.1, 0.15) is 24.2 Å². The predicted molar refractivity (Wildman–Crippen MR) is 175 cm³/mol. The fourth-order valence-corrected chi connectivity index (χ4v) is 6.27. The lowest BCUT2D eigenvalue weighted by molar-refractivity contribution is 0.0269. The summed E-state index contributed by atoms with van der Waals surface area (Å²) in [7, 11) is -2.59. The van der Waals surface area contributed by atoms with Crippen molar-refractivity contribution < 1.29 is 22.7 Å². The highest BCUT2D eigenvalue weighted by molar-refractivity contribution is 14.1. The first kappa shape index (κ1) is 30.9. The van der Waals surface area contributed by atoms with E-state index < -0.39 is 15.6 Å². The number of nitrogens with zero attached hydrogens (tertiary/aromatic N) is 3. The number of anilines is 3. The SMILES string of the molecule is COc1ccc(I)c(Nc2nc3ccccc3nc2NS(=O)(=O)c2cccc(C(=O)NC(C)(C)CN3CCOCC3)c2)c1. The Kier molecular flexibility index (Phi) is 9.34. The standard InChI is InChI=1S/C30H33IN6O5S/c1-30(2,19-37-13-15-42-16-14-37)35-29(38)20-7-6-8-22(17-20)43(39,40)36-28-27(32-24-9-4-5-10-25(24)33-28)34-26-18-21(41-3)11-12-23(26)31/h4-12,17-18H,13-16,19H2,1-3H3,(H,32,34)(H,33,36)(H,35,38). The first-order chi connectivity index (χ1) is 20.5. The van der Waals surface area contributed by atoms with Crippen molar-refractivity contribution >= 4 is 66.9 Å². The van der Waals surface area contributed by atoms with E-state index in [1.165, 1.54) is 12.1 Å². The summed E-state index contributed by atoms with van der Waals surface area (Å²) < 4.78 is 41.5. The molecule has 0 unspecified atom stereocenters. The second-order valence-corrected chi connectivity index (χ2v) is 13.6. The van der Waals surface area contributed by atoms with Crippen LogP contribution in [-0.4, -0.2) is 74.7 Å². The average Bonchev–Trinajstić information content (AvgIpc) is 2.98. The molecule has 0 radical (unpaired) electrons. The van der Waals surface area contributed by atoms with Crippen molar-refractivity contribution in [1.29, 1.82) is 0 Å². The molecule has 0 saturated carbocycles. The van der Waals surface area contributed by atoms with Crippen LogP contribution in [0.2, 0.25) is 0 Å². The summed E-state index contributed by atoms with van der Waals surface area (Å²) in [4.78, 5) is 24.6. The van der Waals surface area contributed by atoms with Crippen molar-refractivity contribution in [1.82, 2.24) is 20.2 Å². The topological polar surface area (TPSA) is 135 Å². The van der Waals surface area contributed by atoms with Crippen LogP contribution in [0.4, 0.5) is 17.3 Å². The number of morpholine rings is 1. The van der Waals surface area contributed by atoms with Gasteiger partial charge in [0.05, 0.1) is 41.9 Å². The van der Waals surface area contributed by atoms with E-state index in [-0.39, 0.29) is 28.0 Å². The predicted octanol–water partition coefficient (Wildman–Crippen LogP) is 4.63.